The number of halogens is 2. The molecule has 3 fully saturated rings. The third-order valence-electron chi connectivity index (χ3n) is 11.2. The Morgan fingerprint density at radius 1 is 0.958 bits per heavy atom. The van der Waals surface area contributed by atoms with Crippen molar-refractivity contribution in [1.82, 2.24) is 24.1 Å². The van der Waals surface area contributed by atoms with Gasteiger partial charge in [0.2, 0.25) is 0 Å². The van der Waals surface area contributed by atoms with E-state index < -0.39 is 34.1 Å². The van der Waals surface area contributed by atoms with E-state index in [0.717, 1.165) is 49.3 Å². The van der Waals surface area contributed by atoms with E-state index in [4.69, 9.17) is 4.98 Å². The first-order valence-electron chi connectivity index (χ1n) is 17.5. The maximum absolute atomic E-state index is 15.5. The fraction of sp³-hybridized carbons (Fsp3) is 0.474. The second-order valence-electron chi connectivity index (χ2n) is 13.8. The molecule has 1 amide bonds. The van der Waals surface area contributed by atoms with Gasteiger partial charge in [-0.1, -0.05) is 55.8 Å². The van der Waals surface area contributed by atoms with Gasteiger partial charge in [-0.25, -0.2) is 22.7 Å². The molecule has 3 aromatic carbocycles. The number of carbonyl (C=O) groups is 1. The molecule has 48 heavy (non-hydrogen) atoms. The number of piperidine rings is 3. The normalized spacial score (nSPS) is 23.3. The molecule has 254 valence electrons. The fourth-order valence-electron chi connectivity index (χ4n) is 8.85. The lowest BCUT2D eigenvalue weighted by Gasteiger charge is -2.51. The van der Waals surface area contributed by atoms with E-state index in [2.05, 4.69) is 69.6 Å². The summed E-state index contributed by atoms with van der Waals surface area (Å²) < 4.78 is 48.0. The number of imidazole rings is 1. The van der Waals surface area contributed by atoms with Crippen molar-refractivity contribution < 1.29 is 17.8 Å². The van der Waals surface area contributed by atoms with Crippen molar-refractivity contribution in [3.63, 3.8) is 0 Å². The number of hydrogen-bond acceptors (Lipinski definition) is 4. The second kappa shape index (κ2) is 13.8. The van der Waals surface area contributed by atoms with Gasteiger partial charge in [0.15, 0.2) is 5.82 Å². The number of nitrogens with zero attached hydrogens (tertiary/aromatic N) is 4. The van der Waals surface area contributed by atoms with Gasteiger partial charge in [0, 0.05) is 37.8 Å². The van der Waals surface area contributed by atoms with Gasteiger partial charge in [0.1, 0.15) is 28.2 Å². The number of aromatic nitrogens is 2. The maximum Gasteiger partial charge on any atom is 0.259 e. The maximum atomic E-state index is 15.5. The minimum Gasteiger partial charge on any atom is -0.338 e. The van der Waals surface area contributed by atoms with Gasteiger partial charge < -0.3 is 9.47 Å². The van der Waals surface area contributed by atoms with Gasteiger partial charge in [-0.15, -0.1) is 0 Å². The SMILES string of the molecule is CCNS(=O)c1ccc(F)c(C(=O)N2CCC(CCN3C4CCC[C@@H]3CC(n3c(C)nc5ccccc53)C4)(c3ccccc3)CC2)c1F. The summed E-state index contributed by atoms with van der Waals surface area (Å²) in [6, 6.07) is 22.7. The largest absolute Gasteiger partial charge is 0.338 e. The molecule has 1 aromatic heterocycles. The van der Waals surface area contributed by atoms with Crippen molar-refractivity contribution in [2.24, 2.45) is 0 Å². The molecule has 3 saturated heterocycles. The summed E-state index contributed by atoms with van der Waals surface area (Å²) in [5.41, 5.74) is 2.79. The number of likely N-dealkylation sites (tertiary alicyclic amines) is 1. The Kier molecular flexibility index (Phi) is 9.50. The minimum atomic E-state index is -1.87. The highest BCUT2D eigenvalue weighted by Gasteiger charge is 2.43. The summed E-state index contributed by atoms with van der Waals surface area (Å²) in [6.07, 6.45) is 8.29. The zero-order valence-electron chi connectivity index (χ0n) is 27.8. The quantitative estimate of drug-likeness (QED) is 0.206. The van der Waals surface area contributed by atoms with Crippen LogP contribution in [0, 0.1) is 18.6 Å². The van der Waals surface area contributed by atoms with Gasteiger partial charge >= 0.3 is 0 Å². The highest BCUT2D eigenvalue weighted by Crippen LogP contribution is 2.44. The Hall–Kier alpha value is -3.47. The molecular weight excluding hydrogens is 629 g/mol. The fourth-order valence-corrected chi connectivity index (χ4v) is 9.72. The number of aryl methyl sites for hydroxylation is 1. The van der Waals surface area contributed by atoms with Crippen LogP contribution in [0.5, 0.6) is 0 Å². The molecule has 0 radical (unpaired) electrons. The smallest absolute Gasteiger partial charge is 0.259 e. The van der Waals surface area contributed by atoms with Gasteiger partial charge in [0.25, 0.3) is 5.91 Å². The molecule has 2 bridgehead atoms. The van der Waals surface area contributed by atoms with Crippen LogP contribution in [-0.4, -0.2) is 67.7 Å². The first-order valence-corrected chi connectivity index (χ1v) is 18.6. The highest BCUT2D eigenvalue weighted by molar-refractivity contribution is 7.83. The third kappa shape index (κ3) is 6.11. The Morgan fingerprint density at radius 3 is 2.35 bits per heavy atom. The van der Waals surface area contributed by atoms with E-state index >= 15 is 4.39 Å². The van der Waals surface area contributed by atoms with Crippen molar-refractivity contribution >= 4 is 27.9 Å². The van der Waals surface area contributed by atoms with Crippen LogP contribution in [0.1, 0.15) is 86.1 Å². The predicted octanol–water partition coefficient (Wildman–Crippen LogP) is 7.08. The third-order valence-corrected chi connectivity index (χ3v) is 12.5. The van der Waals surface area contributed by atoms with Gasteiger partial charge in [0.05, 0.1) is 15.9 Å². The zero-order valence-corrected chi connectivity index (χ0v) is 28.7. The Balaban J connectivity index is 1.08. The lowest BCUT2D eigenvalue weighted by Crippen LogP contribution is -2.54. The molecule has 0 spiro atoms. The first-order chi connectivity index (χ1) is 23.3. The molecule has 4 atom stereocenters. The molecule has 0 saturated carbocycles. The highest BCUT2D eigenvalue weighted by atomic mass is 32.2. The summed E-state index contributed by atoms with van der Waals surface area (Å²) in [5, 5.41) is 0. The Bertz CT molecular complexity index is 1790. The van der Waals surface area contributed by atoms with Crippen molar-refractivity contribution in [2.45, 2.75) is 93.7 Å². The van der Waals surface area contributed by atoms with Gasteiger partial charge in [-0.05, 0) is 93.7 Å². The monoisotopic (exact) mass is 673 g/mol. The average molecular weight is 674 g/mol. The molecule has 3 aliphatic rings. The summed E-state index contributed by atoms with van der Waals surface area (Å²) in [4.78, 5) is 22.6. The average Bonchev–Trinajstić information content (AvgIpc) is 3.43. The lowest BCUT2D eigenvalue weighted by molar-refractivity contribution is 0.00789. The Morgan fingerprint density at radius 2 is 1.65 bits per heavy atom. The number of fused-ring (bicyclic) bond motifs is 3. The summed E-state index contributed by atoms with van der Waals surface area (Å²) >= 11 is 0. The van der Waals surface area contributed by atoms with E-state index in [1.165, 1.54) is 30.3 Å². The summed E-state index contributed by atoms with van der Waals surface area (Å²) in [7, 11) is -1.87. The minimum absolute atomic E-state index is 0.147. The van der Waals surface area contributed by atoms with Crippen LogP contribution in [0.15, 0.2) is 71.6 Å². The lowest BCUT2D eigenvalue weighted by atomic mass is 9.69. The number of para-hydroxylation sites is 2. The predicted molar refractivity (Wildman–Crippen MR) is 185 cm³/mol. The molecule has 7 nitrogen and oxygen atoms in total. The summed E-state index contributed by atoms with van der Waals surface area (Å²) in [6.45, 7) is 6.00. The van der Waals surface area contributed by atoms with Crippen LogP contribution in [0.25, 0.3) is 11.0 Å². The van der Waals surface area contributed by atoms with E-state index in [-0.39, 0.29) is 10.3 Å². The van der Waals surface area contributed by atoms with Gasteiger partial charge in [-0.3, -0.25) is 9.69 Å². The van der Waals surface area contributed by atoms with E-state index in [1.807, 2.05) is 6.07 Å². The zero-order chi connectivity index (χ0) is 33.4. The molecule has 1 N–H and O–H groups in total. The second-order valence-corrected chi connectivity index (χ2v) is 15.1. The summed E-state index contributed by atoms with van der Waals surface area (Å²) in [5.74, 6) is -1.56. The van der Waals surface area contributed by atoms with Crippen LogP contribution in [-0.2, 0) is 16.4 Å². The van der Waals surface area contributed by atoms with E-state index in [9.17, 15) is 13.4 Å². The van der Waals surface area contributed by atoms with Crippen LogP contribution in [0.3, 0.4) is 0 Å². The number of nitrogens with one attached hydrogen (secondary N) is 1. The molecular formula is C38H45F2N5O2S. The van der Waals surface area contributed by atoms with Crippen LogP contribution < -0.4 is 4.72 Å². The van der Waals surface area contributed by atoms with Crippen LogP contribution >= 0.6 is 0 Å². The molecule has 7 rings (SSSR count). The van der Waals surface area contributed by atoms with Crippen LogP contribution in [0.4, 0.5) is 8.78 Å². The molecule has 0 aliphatic carbocycles. The van der Waals surface area contributed by atoms with Crippen LogP contribution in [0.2, 0.25) is 0 Å². The molecule has 3 aliphatic heterocycles. The van der Waals surface area contributed by atoms with Crippen molar-refractivity contribution in [2.75, 3.05) is 26.2 Å². The number of rotatable bonds is 9. The Labute approximate surface area is 284 Å². The number of hydrogen-bond donors (Lipinski definition) is 1. The molecule has 4 heterocycles. The number of amides is 1. The van der Waals surface area contributed by atoms with Gasteiger partial charge in [-0.2, -0.15) is 0 Å². The number of benzene rings is 3. The van der Waals surface area contributed by atoms with Crippen molar-refractivity contribution in [1.29, 1.82) is 0 Å². The van der Waals surface area contributed by atoms with Crippen molar-refractivity contribution in [3.05, 3.63) is 95.3 Å². The number of carbonyl (C=O) groups excluding carboxylic acids is 1. The first kappa shape index (κ1) is 33.0. The molecule has 3 unspecified atom stereocenters. The van der Waals surface area contributed by atoms with E-state index in [1.54, 1.807) is 11.8 Å². The topological polar surface area (TPSA) is 70.5 Å². The van der Waals surface area contributed by atoms with Crippen molar-refractivity contribution in [3.8, 4) is 0 Å². The van der Waals surface area contributed by atoms with E-state index in [0.29, 0.717) is 50.6 Å². The molecule has 10 heteroatoms. The standard InChI is InChI=1S/C38H45F2N5O2S/c1-3-41-48(47)34-17-16-31(39)35(36(34)40)37(46)43-21-18-38(19-22-43,27-10-5-4-6-11-27)20-23-44-28-12-9-13-29(44)25-30(24-28)45-26(2)42-32-14-7-8-15-33(32)45/h4-8,10-11,14-17,28-30,41H,3,9,12-13,18-25H2,1-2H3/t28-,29?,30?,48?/m1/s1. The molecule has 4 aromatic rings.